The quantitative estimate of drug-likeness (QED) is 0.867. The summed E-state index contributed by atoms with van der Waals surface area (Å²) in [5.41, 5.74) is 9.00. The third-order valence-electron chi connectivity index (χ3n) is 4.83. The number of aliphatic carboxylic acids is 1. The number of carbonyl (C=O) groups is 1. The van der Waals surface area contributed by atoms with Crippen LogP contribution in [0.3, 0.4) is 0 Å². The minimum atomic E-state index is -1.00. The average Bonchev–Trinajstić information content (AvgIpc) is 3.07. The smallest absolute Gasteiger partial charge is 0.320 e. The predicted molar refractivity (Wildman–Crippen MR) is 78.2 cm³/mol. The molecule has 1 aromatic carbocycles. The molecule has 0 heterocycles. The molecule has 1 saturated carbocycles. The molecule has 114 valence electrons. The fourth-order valence-electron chi connectivity index (χ4n) is 3.95. The lowest BCUT2D eigenvalue weighted by Crippen LogP contribution is -2.32. The Bertz CT molecular complexity index is 584. The maximum atomic E-state index is 11.0. The van der Waals surface area contributed by atoms with Crippen LogP contribution in [0.15, 0.2) is 6.07 Å². The van der Waals surface area contributed by atoms with Crippen molar-refractivity contribution in [1.82, 2.24) is 0 Å². The zero-order valence-corrected chi connectivity index (χ0v) is 12.4. The summed E-state index contributed by atoms with van der Waals surface area (Å²) in [5, 5.41) is 9.03. The van der Waals surface area contributed by atoms with Crippen molar-refractivity contribution >= 4 is 5.97 Å². The standard InChI is InChI=1S/C16H21NO4/c1-20-12-7-10(6-11(17)16(18)19)15(21-2)14-9-4-3-8(5-9)13(12)14/h7-9,11H,3-6,17H2,1-2H3,(H,18,19). The van der Waals surface area contributed by atoms with Crippen LogP contribution < -0.4 is 15.2 Å². The van der Waals surface area contributed by atoms with Crippen LogP contribution in [0, 0.1) is 0 Å². The third kappa shape index (κ3) is 2.16. The summed E-state index contributed by atoms with van der Waals surface area (Å²) in [4.78, 5) is 11.0. The number of benzene rings is 1. The third-order valence-corrected chi connectivity index (χ3v) is 4.83. The lowest BCUT2D eigenvalue weighted by molar-refractivity contribution is -0.138. The highest BCUT2D eigenvalue weighted by Gasteiger charge is 2.42. The Kier molecular flexibility index (Phi) is 3.53. The minimum Gasteiger partial charge on any atom is -0.496 e. The number of carboxylic acids is 1. The molecule has 1 fully saturated rings. The molecular formula is C16H21NO4. The highest BCUT2D eigenvalue weighted by atomic mass is 16.5. The summed E-state index contributed by atoms with van der Waals surface area (Å²) < 4.78 is 11.2. The van der Waals surface area contributed by atoms with Crippen LogP contribution in [0.4, 0.5) is 0 Å². The molecule has 5 nitrogen and oxygen atoms in total. The molecule has 3 unspecified atom stereocenters. The molecule has 0 aliphatic heterocycles. The highest BCUT2D eigenvalue weighted by Crippen LogP contribution is 2.59. The monoisotopic (exact) mass is 291 g/mol. The van der Waals surface area contributed by atoms with E-state index < -0.39 is 12.0 Å². The molecule has 2 aliphatic rings. The van der Waals surface area contributed by atoms with Crippen LogP contribution in [-0.4, -0.2) is 31.3 Å². The fourth-order valence-corrected chi connectivity index (χ4v) is 3.95. The number of methoxy groups -OCH3 is 2. The van der Waals surface area contributed by atoms with Crippen molar-refractivity contribution in [1.29, 1.82) is 0 Å². The second-order valence-electron chi connectivity index (χ2n) is 5.95. The van der Waals surface area contributed by atoms with E-state index in [1.165, 1.54) is 24.0 Å². The van der Waals surface area contributed by atoms with Gasteiger partial charge in [0.1, 0.15) is 17.5 Å². The Morgan fingerprint density at radius 1 is 1.33 bits per heavy atom. The first-order chi connectivity index (χ1) is 10.1. The number of hydrogen-bond acceptors (Lipinski definition) is 4. The van der Waals surface area contributed by atoms with Crippen molar-refractivity contribution < 1.29 is 19.4 Å². The minimum absolute atomic E-state index is 0.250. The first-order valence-electron chi connectivity index (χ1n) is 7.32. The lowest BCUT2D eigenvalue weighted by Gasteiger charge is -2.24. The molecule has 0 spiro atoms. The predicted octanol–water partition coefficient (Wildman–Crippen LogP) is 2.02. The van der Waals surface area contributed by atoms with Gasteiger partial charge in [-0.1, -0.05) is 0 Å². The van der Waals surface area contributed by atoms with Crippen LogP contribution in [-0.2, 0) is 11.2 Å². The van der Waals surface area contributed by atoms with Crippen LogP contribution in [0.1, 0.15) is 47.8 Å². The largest absolute Gasteiger partial charge is 0.496 e. The number of rotatable bonds is 5. The van der Waals surface area contributed by atoms with E-state index in [-0.39, 0.29) is 6.42 Å². The van der Waals surface area contributed by atoms with E-state index in [0.717, 1.165) is 23.5 Å². The summed E-state index contributed by atoms with van der Waals surface area (Å²) in [6, 6.07) is 0.974. The number of nitrogens with two attached hydrogens (primary N) is 1. The Labute approximate surface area is 124 Å². The van der Waals surface area contributed by atoms with Crippen LogP contribution in [0.25, 0.3) is 0 Å². The normalized spacial score (nSPS) is 23.8. The van der Waals surface area contributed by atoms with E-state index in [4.69, 9.17) is 20.3 Å². The van der Waals surface area contributed by atoms with Crippen LogP contribution in [0.2, 0.25) is 0 Å². The zero-order chi connectivity index (χ0) is 15.1. The van der Waals surface area contributed by atoms with Crippen LogP contribution in [0.5, 0.6) is 11.5 Å². The molecule has 0 amide bonds. The molecule has 3 N–H and O–H groups in total. The first-order valence-corrected chi connectivity index (χ1v) is 7.32. The van der Waals surface area contributed by atoms with E-state index in [9.17, 15) is 4.79 Å². The molecule has 3 rings (SSSR count). The van der Waals surface area contributed by atoms with Gasteiger partial charge in [-0.05, 0) is 37.2 Å². The summed E-state index contributed by atoms with van der Waals surface area (Å²) in [6.45, 7) is 0. The number of ether oxygens (including phenoxy) is 2. The van der Waals surface area contributed by atoms with E-state index in [1.54, 1.807) is 14.2 Å². The lowest BCUT2D eigenvalue weighted by atomic mass is 9.87. The van der Waals surface area contributed by atoms with Crippen molar-refractivity contribution in [2.24, 2.45) is 5.73 Å². The van der Waals surface area contributed by atoms with Crippen molar-refractivity contribution in [2.75, 3.05) is 14.2 Å². The van der Waals surface area contributed by atoms with Crippen molar-refractivity contribution in [2.45, 2.75) is 43.6 Å². The number of fused-ring (bicyclic) bond motifs is 5. The average molecular weight is 291 g/mol. The first kappa shape index (κ1) is 14.2. The van der Waals surface area contributed by atoms with E-state index in [0.29, 0.717) is 11.8 Å². The maximum Gasteiger partial charge on any atom is 0.320 e. The Morgan fingerprint density at radius 3 is 2.57 bits per heavy atom. The van der Waals surface area contributed by atoms with Gasteiger partial charge in [0.25, 0.3) is 0 Å². The summed E-state index contributed by atoms with van der Waals surface area (Å²) in [6.07, 6.45) is 3.77. The molecule has 0 aromatic heterocycles. The van der Waals surface area contributed by atoms with Gasteiger partial charge in [0, 0.05) is 23.1 Å². The molecule has 3 atom stereocenters. The molecule has 0 radical (unpaired) electrons. The Morgan fingerprint density at radius 2 is 2.00 bits per heavy atom. The van der Waals surface area contributed by atoms with E-state index in [2.05, 4.69) is 0 Å². The topological polar surface area (TPSA) is 81.8 Å². The van der Waals surface area contributed by atoms with Crippen molar-refractivity contribution in [3.63, 3.8) is 0 Å². The Hall–Kier alpha value is -1.75. The van der Waals surface area contributed by atoms with Gasteiger partial charge >= 0.3 is 5.97 Å². The molecule has 2 bridgehead atoms. The Balaban J connectivity index is 2.09. The van der Waals surface area contributed by atoms with Gasteiger partial charge in [-0.2, -0.15) is 0 Å². The van der Waals surface area contributed by atoms with E-state index >= 15 is 0 Å². The molecular weight excluding hydrogens is 270 g/mol. The number of hydrogen-bond donors (Lipinski definition) is 2. The summed E-state index contributed by atoms with van der Waals surface area (Å²) in [7, 11) is 3.30. The van der Waals surface area contributed by atoms with Gasteiger partial charge in [-0.3, -0.25) is 4.79 Å². The fraction of sp³-hybridized carbons (Fsp3) is 0.562. The summed E-state index contributed by atoms with van der Waals surface area (Å²) >= 11 is 0. The van der Waals surface area contributed by atoms with Gasteiger partial charge in [0.05, 0.1) is 14.2 Å². The SMILES string of the molecule is COc1cc(CC(N)C(=O)O)c(OC)c2c1C1CCC2C1. The molecule has 2 aliphatic carbocycles. The van der Waals surface area contributed by atoms with Gasteiger partial charge in [0.2, 0.25) is 0 Å². The molecule has 0 saturated heterocycles. The molecule has 21 heavy (non-hydrogen) atoms. The second-order valence-corrected chi connectivity index (χ2v) is 5.95. The van der Waals surface area contributed by atoms with E-state index in [1.807, 2.05) is 6.07 Å². The van der Waals surface area contributed by atoms with Gasteiger partial charge in [0.15, 0.2) is 0 Å². The second kappa shape index (κ2) is 5.22. The highest BCUT2D eigenvalue weighted by molar-refractivity contribution is 5.74. The van der Waals surface area contributed by atoms with Gasteiger partial charge in [-0.25, -0.2) is 0 Å². The van der Waals surface area contributed by atoms with Crippen LogP contribution >= 0.6 is 0 Å². The summed E-state index contributed by atoms with van der Waals surface area (Å²) in [5.74, 6) is 1.73. The van der Waals surface area contributed by atoms with Crippen molar-refractivity contribution in [3.8, 4) is 11.5 Å². The molecule has 5 heteroatoms. The maximum absolute atomic E-state index is 11.0. The van der Waals surface area contributed by atoms with Crippen molar-refractivity contribution in [3.05, 3.63) is 22.8 Å². The van der Waals surface area contributed by atoms with Gasteiger partial charge < -0.3 is 20.3 Å². The number of carboxylic acid groups (broad SMARTS) is 1. The van der Waals surface area contributed by atoms with Gasteiger partial charge in [-0.15, -0.1) is 0 Å². The zero-order valence-electron chi connectivity index (χ0n) is 12.4. The molecule has 1 aromatic rings.